The Bertz CT molecular complexity index is 741. The summed E-state index contributed by atoms with van der Waals surface area (Å²) >= 11 is 0. The highest BCUT2D eigenvalue weighted by Gasteiger charge is 2.12. The average Bonchev–Trinajstić information content (AvgIpc) is 2.72. The number of aromatic amines is 1. The number of aromatic nitrogens is 2. The summed E-state index contributed by atoms with van der Waals surface area (Å²) in [6.07, 6.45) is 0. The molecule has 0 aliphatic rings. The maximum atomic E-state index is 13.1. The average molecular weight is 263 g/mol. The normalized spacial score (nSPS) is 11.1. The van der Waals surface area contributed by atoms with Gasteiger partial charge in [0.15, 0.2) is 11.6 Å². The molecule has 0 atom stereocenters. The van der Waals surface area contributed by atoms with Crippen LogP contribution in [0.2, 0.25) is 0 Å². The minimum absolute atomic E-state index is 0.194. The molecule has 2 aromatic carbocycles. The van der Waals surface area contributed by atoms with E-state index in [1.165, 1.54) is 12.1 Å². The van der Waals surface area contributed by atoms with Gasteiger partial charge < -0.3 is 10.7 Å². The standard InChI is InChI=1S/C13H8F3N3/c14-6-1-2-7(10(17)3-6)13-18-11-4-8(15)9(16)5-12(11)19-13/h1-5H,17H2,(H,18,19). The lowest BCUT2D eigenvalue weighted by atomic mass is 10.1. The summed E-state index contributed by atoms with van der Waals surface area (Å²) in [5, 5.41) is 0. The Morgan fingerprint density at radius 3 is 2.47 bits per heavy atom. The van der Waals surface area contributed by atoms with Crippen LogP contribution in [-0.4, -0.2) is 9.97 Å². The van der Waals surface area contributed by atoms with E-state index >= 15 is 0 Å². The van der Waals surface area contributed by atoms with Crippen LogP contribution < -0.4 is 5.73 Å². The molecule has 3 N–H and O–H groups in total. The van der Waals surface area contributed by atoms with Gasteiger partial charge in [0.1, 0.15) is 11.6 Å². The van der Waals surface area contributed by atoms with Crippen LogP contribution in [0.5, 0.6) is 0 Å². The molecular formula is C13H8F3N3. The van der Waals surface area contributed by atoms with Crippen LogP contribution in [0.4, 0.5) is 18.9 Å². The van der Waals surface area contributed by atoms with Crippen molar-refractivity contribution in [3.05, 3.63) is 47.8 Å². The number of halogens is 3. The van der Waals surface area contributed by atoms with Crippen LogP contribution in [-0.2, 0) is 0 Å². The van der Waals surface area contributed by atoms with E-state index in [0.29, 0.717) is 16.9 Å². The fourth-order valence-electron chi connectivity index (χ4n) is 1.88. The lowest BCUT2D eigenvalue weighted by molar-refractivity contribution is 0.510. The molecule has 0 aliphatic heterocycles. The summed E-state index contributed by atoms with van der Waals surface area (Å²) in [6.45, 7) is 0. The molecule has 0 spiro atoms. The zero-order valence-electron chi connectivity index (χ0n) is 9.55. The molecule has 0 saturated heterocycles. The molecule has 19 heavy (non-hydrogen) atoms. The third-order valence-corrected chi connectivity index (χ3v) is 2.79. The van der Waals surface area contributed by atoms with E-state index in [4.69, 9.17) is 5.73 Å². The molecule has 1 aromatic heterocycles. The monoisotopic (exact) mass is 263 g/mol. The number of H-pyrrole nitrogens is 1. The number of anilines is 1. The summed E-state index contributed by atoms with van der Waals surface area (Å²) in [7, 11) is 0. The minimum atomic E-state index is -0.974. The van der Waals surface area contributed by atoms with Crippen LogP contribution in [0.3, 0.4) is 0 Å². The van der Waals surface area contributed by atoms with E-state index in [0.717, 1.165) is 18.2 Å². The lowest BCUT2D eigenvalue weighted by Gasteiger charge is -2.01. The lowest BCUT2D eigenvalue weighted by Crippen LogP contribution is -1.92. The number of imidazole rings is 1. The van der Waals surface area contributed by atoms with Gasteiger partial charge in [0.25, 0.3) is 0 Å². The zero-order chi connectivity index (χ0) is 13.6. The molecular weight excluding hydrogens is 255 g/mol. The maximum Gasteiger partial charge on any atom is 0.161 e. The molecule has 0 aliphatic carbocycles. The minimum Gasteiger partial charge on any atom is -0.398 e. The van der Waals surface area contributed by atoms with E-state index in [2.05, 4.69) is 9.97 Å². The number of nitrogens with one attached hydrogen (secondary N) is 1. The van der Waals surface area contributed by atoms with Crippen molar-refractivity contribution in [2.45, 2.75) is 0 Å². The Morgan fingerprint density at radius 2 is 1.74 bits per heavy atom. The molecule has 0 bridgehead atoms. The van der Waals surface area contributed by atoms with E-state index in [9.17, 15) is 13.2 Å². The van der Waals surface area contributed by atoms with Crippen molar-refractivity contribution >= 4 is 16.7 Å². The number of hydrogen-bond donors (Lipinski definition) is 2. The quantitative estimate of drug-likeness (QED) is 0.662. The number of hydrogen-bond acceptors (Lipinski definition) is 2. The number of rotatable bonds is 1. The van der Waals surface area contributed by atoms with Gasteiger partial charge in [0, 0.05) is 23.4 Å². The summed E-state index contributed by atoms with van der Waals surface area (Å²) in [5.74, 6) is -2.07. The number of nitrogen functional groups attached to an aromatic ring is 1. The van der Waals surface area contributed by atoms with Gasteiger partial charge in [-0.2, -0.15) is 0 Å². The fourth-order valence-corrected chi connectivity index (χ4v) is 1.88. The van der Waals surface area contributed by atoms with Crippen LogP contribution in [0, 0.1) is 17.5 Å². The Hall–Kier alpha value is -2.50. The highest BCUT2D eigenvalue weighted by molar-refractivity contribution is 5.82. The van der Waals surface area contributed by atoms with Crippen LogP contribution in [0.25, 0.3) is 22.4 Å². The largest absolute Gasteiger partial charge is 0.398 e. The molecule has 96 valence electrons. The molecule has 0 fully saturated rings. The van der Waals surface area contributed by atoms with Crippen molar-refractivity contribution in [3.63, 3.8) is 0 Å². The molecule has 3 aromatic rings. The number of fused-ring (bicyclic) bond motifs is 1. The molecule has 3 nitrogen and oxygen atoms in total. The summed E-state index contributed by atoms with van der Waals surface area (Å²) < 4.78 is 39.1. The van der Waals surface area contributed by atoms with Gasteiger partial charge in [0.2, 0.25) is 0 Å². The maximum absolute atomic E-state index is 13.1. The molecule has 0 radical (unpaired) electrons. The van der Waals surface area contributed by atoms with E-state index in [1.807, 2.05) is 0 Å². The first-order valence-electron chi connectivity index (χ1n) is 5.45. The van der Waals surface area contributed by atoms with E-state index < -0.39 is 17.5 Å². The predicted molar refractivity (Wildman–Crippen MR) is 65.8 cm³/mol. The van der Waals surface area contributed by atoms with E-state index in [1.54, 1.807) is 0 Å². The number of benzene rings is 2. The highest BCUT2D eigenvalue weighted by Crippen LogP contribution is 2.27. The van der Waals surface area contributed by atoms with Gasteiger partial charge in [-0.3, -0.25) is 0 Å². The first kappa shape index (κ1) is 11.6. The Labute approximate surface area is 105 Å². The first-order chi connectivity index (χ1) is 9.04. The predicted octanol–water partition coefficient (Wildman–Crippen LogP) is 3.23. The molecule has 0 saturated carbocycles. The molecule has 6 heteroatoms. The molecule has 3 rings (SSSR count). The van der Waals surface area contributed by atoms with Gasteiger partial charge in [-0.25, -0.2) is 18.2 Å². The van der Waals surface area contributed by atoms with Gasteiger partial charge in [-0.05, 0) is 18.2 Å². The fraction of sp³-hybridized carbons (Fsp3) is 0. The number of nitrogens with zero attached hydrogens (tertiary/aromatic N) is 1. The van der Waals surface area contributed by atoms with Gasteiger partial charge in [-0.1, -0.05) is 0 Å². The SMILES string of the molecule is Nc1cc(F)ccc1-c1nc2cc(F)c(F)cc2[nH]1. The van der Waals surface area contributed by atoms with Crippen molar-refractivity contribution in [3.8, 4) is 11.4 Å². The van der Waals surface area contributed by atoms with E-state index in [-0.39, 0.29) is 11.2 Å². The second kappa shape index (κ2) is 4.01. The Morgan fingerprint density at radius 1 is 1.00 bits per heavy atom. The van der Waals surface area contributed by atoms with Gasteiger partial charge in [-0.15, -0.1) is 0 Å². The summed E-state index contributed by atoms with van der Waals surface area (Å²) in [5.41, 5.74) is 6.97. The van der Waals surface area contributed by atoms with Crippen LogP contribution in [0.15, 0.2) is 30.3 Å². The van der Waals surface area contributed by atoms with Crippen molar-refractivity contribution in [1.82, 2.24) is 9.97 Å². The summed E-state index contributed by atoms with van der Waals surface area (Å²) in [4.78, 5) is 6.93. The number of nitrogens with two attached hydrogens (primary N) is 1. The Kier molecular flexibility index (Phi) is 2.45. The molecule has 0 amide bonds. The molecule has 1 heterocycles. The van der Waals surface area contributed by atoms with Gasteiger partial charge in [0.05, 0.1) is 11.0 Å². The molecule has 0 unspecified atom stereocenters. The third-order valence-electron chi connectivity index (χ3n) is 2.79. The van der Waals surface area contributed by atoms with Crippen molar-refractivity contribution in [1.29, 1.82) is 0 Å². The summed E-state index contributed by atoms with van der Waals surface area (Å²) in [6, 6.07) is 5.85. The second-order valence-corrected chi connectivity index (χ2v) is 4.10. The second-order valence-electron chi connectivity index (χ2n) is 4.10. The third kappa shape index (κ3) is 1.91. The van der Waals surface area contributed by atoms with Crippen LogP contribution >= 0.6 is 0 Å². The Balaban J connectivity index is 2.20. The topological polar surface area (TPSA) is 54.7 Å². The van der Waals surface area contributed by atoms with Crippen molar-refractivity contribution < 1.29 is 13.2 Å². The smallest absolute Gasteiger partial charge is 0.161 e. The van der Waals surface area contributed by atoms with Crippen molar-refractivity contribution in [2.24, 2.45) is 0 Å². The van der Waals surface area contributed by atoms with Crippen molar-refractivity contribution in [2.75, 3.05) is 5.73 Å². The van der Waals surface area contributed by atoms with Crippen LogP contribution in [0.1, 0.15) is 0 Å². The van der Waals surface area contributed by atoms with Gasteiger partial charge >= 0.3 is 0 Å². The highest BCUT2D eigenvalue weighted by atomic mass is 19.2. The first-order valence-corrected chi connectivity index (χ1v) is 5.45. The zero-order valence-corrected chi connectivity index (χ0v) is 9.55.